The lowest BCUT2D eigenvalue weighted by atomic mass is 10.1. The first kappa shape index (κ1) is 13.0. The first-order valence-corrected chi connectivity index (χ1v) is 8.09. The molecule has 0 N–H and O–H groups in total. The van der Waals surface area contributed by atoms with Crippen LogP contribution in [0.2, 0.25) is 0 Å². The van der Waals surface area contributed by atoms with Crippen molar-refractivity contribution in [3.8, 4) is 0 Å². The highest BCUT2D eigenvalue weighted by Crippen LogP contribution is 2.26. The minimum Gasteiger partial charge on any atom is -0.369 e. The summed E-state index contributed by atoms with van der Waals surface area (Å²) in [7, 11) is 0. The van der Waals surface area contributed by atoms with Crippen molar-refractivity contribution in [3.05, 3.63) is 30.7 Å². The van der Waals surface area contributed by atoms with E-state index >= 15 is 0 Å². The van der Waals surface area contributed by atoms with Crippen molar-refractivity contribution in [1.82, 2.24) is 14.9 Å². The van der Waals surface area contributed by atoms with E-state index < -0.39 is 0 Å². The molecule has 21 heavy (non-hydrogen) atoms. The molecular weight excluding hydrogens is 260 g/mol. The Morgan fingerprint density at radius 1 is 1.00 bits per heavy atom. The van der Waals surface area contributed by atoms with E-state index in [1.807, 2.05) is 6.20 Å². The molecule has 0 atom stereocenters. The van der Waals surface area contributed by atoms with Crippen molar-refractivity contribution in [1.29, 1.82) is 0 Å². The Morgan fingerprint density at radius 3 is 2.62 bits per heavy atom. The zero-order valence-electron chi connectivity index (χ0n) is 12.4. The van der Waals surface area contributed by atoms with Crippen molar-refractivity contribution in [2.75, 3.05) is 31.1 Å². The van der Waals surface area contributed by atoms with E-state index in [2.05, 4.69) is 38.0 Å². The molecule has 2 fully saturated rings. The molecule has 4 heteroatoms. The summed E-state index contributed by atoms with van der Waals surface area (Å²) >= 11 is 0. The second kappa shape index (κ2) is 5.60. The van der Waals surface area contributed by atoms with Crippen molar-refractivity contribution in [3.63, 3.8) is 0 Å². The van der Waals surface area contributed by atoms with Crippen LogP contribution < -0.4 is 4.90 Å². The second-order valence-corrected chi connectivity index (χ2v) is 6.23. The molecule has 0 unspecified atom stereocenters. The van der Waals surface area contributed by atoms with Crippen LogP contribution in [0.3, 0.4) is 0 Å². The lowest BCUT2D eigenvalue weighted by Crippen LogP contribution is -2.49. The van der Waals surface area contributed by atoms with Gasteiger partial charge in [-0.05, 0) is 31.0 Å². The monoisotopic (exact) mass is 282 g/mol. The number of hydrogen-bond donors (Lipinski definition) is 0. The molecule has 1 aliphatic carbocycles. The van der Waals surface area contributed by atoms with Crippen LogP contribution in [0.5, 0.6) is 0 Å². The zero-order valence-corrected chi connectivity index (χ0v) is 12.4. The average Bonchev–Trinajstić information content (AvgIpc) is 3.09. The molecule has 2 aromatic rings. The van der Waals surface area contributed by atoms with Gasteiger partial charge in [0.1, 0.15) is 6.33 Å². The summed E-state index contributed by atoms with van der Waals surface area (Å²) in [5.41, 5.74) is 2.33. The van der Waals surface area contributed by atoms with Crippen LogP contribution in [-0.4, -0.2) is 47.1 Å². The van der Waals surface area contributed by atoms with Crippen molar-refractivity contribution in [2.24, 2.45) is 0 Å². The number of nitrogens with zero attached hydrogens (tertiary/aromatic N) is 4. The van der Waals surface area contributed by atoms with Gasteiger partial charge < -0.3 is 4.90 Å². The van der Waals surface area contributed by atoms with E-state index in [4.69, 9.17) is 0 Å². The maximum atomic E-state index is 4.29. The van der Waals surface area contributed by atoms with Crippen LogP contribution in [0.1, 0.15) is 25.7 Å². The fourth-order valence-electron chi connectivity index (χ4n) is 3.78. The largest absolute Gasteiger partial charge is 0.369 e. The fourth-order valence-corrected chi connectivity index (χ4v) is 3.78. The van der Waals surface area contributed by atoms with Gasteiger partial charge in [0.15, 0.2) is 0 Å². The van der Waals surface area contributed by atoms with Gasteiger partial charge >= 0.3 is 0 Å². The third kappa shape index (κ3) is 2.60. The quantitative estimate of drug-likeness (QED) is 0.848. The van der Waals surface area contributed by atoms with Crippen LogP contribution in [-0.2, 0) is 0 Å². The van der Waals surface area contributed by atoms with E-state index in [-0.39, 0.29) is 0 Å². The minimum absolute atomic E-state index is 0.858. The molecule has 2 heterocycles. The Hall–Kier alpha value is -1.68. The normalized spacial score (nSPS) is 21.2. The molecule has 1 saturated carbocycles. The van der Waals surface area contributed by atoms with E-state index in [0.717, 1.165) is 30.0 Å². The SMILES string of the molecule is c1ncc2cc(N3CCN(C4CCCC4)CC3)ccc2n1. The van der Waals surface area contributed by atoms with Crippen molar-refractivity contribution in [2.45, 2.75) is 31.7 Å². The van der Waals surface area contributed by atoms with Crippen molar-refractivity contribution < 1.29 is 0 Å². The van der Waals surface area contributed by atoms with Gasteiger partial charge in [-0.1, -0.05) is 12.8 Å². The van der Waals surface area contributed by atoms with Gasteiger partial charge in [0.2, 0.25) is 0 Å². The highest BCUT2D eigenvalue weighted by molar-refractivity contribution is 5.81. The molecule has 110 valence electrons. The first-order valence-electron chi connectivity index (χ1n) is 8.09. The Bertz CT molecular complexity index is 613. The number of rotatable bonds is 2. The molecular formula is C17H22N4. The number of aromatic nitrogens is 2. The molecule has 0 bridgehead atoms. The highest BCUT2D eigenvalue weighted by atomic mass is 15.3. The van der Waals surface area contributed by atoms with Crippen LogP contribution >= 0.6 is 0 Å². The van der Waals surface area contributed by atoms with E-state index in [0.29, 0.717) is 0 Å². The molecule has 1 aliphatic heterocycles. The lowest BCUT2D eigenvalue weighted by molar-refractivity contribution is 0.187. The summed E-state index contributed by atoms with van der Waals surface area (Å²) in [4.78, 5) is 13.6. The second-order valence-electron chi connectivity index (χ2n) is 6.23. The van der Waals surface area contributed by atoms with Crippen LogP contribution in [0.4, 0.5) is 5.69 Å². The third-order valence-corrected chi connectivity index (χ3v) is 5.01. The maximum Gasteiger partial charge on any atom is 0.116 e. The fraction of sp³-hybridized carbons (Fsp3) is 0.529. The van der Waals surface area contributed by atoms with E-state index in [9.17, 15) is 0 Å². The Labute approximate surface area is 125 Å². The lowest BCUT2D eigenvalue weighted by Gasteiger charge is -2.39. The summed E-state index contributed by atoms with van der Waals surface area (Å²) < 4.78 is 0. The van der Waals surface area contributed by atoms with Gasteiger partial charge in [-0.3, -0.25) is 4.90 Å². The van der Waals surface area contributed by atoms with Crippen LogP contribution in [0.25, 0.3) is 10.9 Å². The summed E-state index contributed by atoms with van der Waals surface area (Å²) in [6.45, 7) is 4.67. The van der Waals surface area contributed by atoms with Gasteiger partial charge in [0.05, 0.1) is 5.52 Å². The van der Waals surface area contributed by atoms with Gasteiger partial charge in [-0.15, -0.1) is 0 Å². The topological polar surface area (TPSA) is 32.3 Å². The molecule has 0 amide bonds. The predicted octanol–water partition coefficient (Wildman–Crippen LogP) is 2.69. The Kier molecular flexibility index (Phi) is 3.47. The van der Waals surface area contributed by atoms with Crippen molar-refractivity contribution >= 4 is 16.6 Å². The third-order valence-electron chi connectivity index (χ3n) is 5.01. The molecule has 4 nitrogen and oxygen atoms in total. The van der Waals surface area contributed by atoms with Crippen LogP contribution in [0.15, 0.2) is 30.7 Å². The summed E-state index contributed by atoms with van der Waals surface area (Å²) in [6, 6.07) is 7.38. The Morgan fingerprint density at radius 2 is 1.81 bits per heavy atom. The molecule has 2 aliphatic rings. The van der Waals surface area contributed by atoms with Gasteiger partial charge in [0.25, 0.3) is 0 Å². The van der Waals surface area contributed by atoms with E-state index in [1.165, 1.54) is 44.5 Å². The minimum atomic E-state index is 0.858. The summed E-state index contributed by atoms with van der Waals surface area (Å²) in [6.07, 6.45) is 9.19. The zero-order chi connectivity index (χ0) is 14.1. The molecule has 0 radical (unpaired) electrons. The highest BCUT2D eigenvalue weighted by Gasteiger charge is 2.26. The average molecular weight is 282 g/mol. The number of anilines is 1. The molecule has 1 aromatic carbocycles. The standard InChI is InChI=1S/C17H22N4/c1-2-4-15(3-1)20-7-9-21(10-8-20)16-5-6-17-14(11-16)12-18-13-19-17/h5-6,11-13,15H,1-4,7-10H2. The van der Waals surface area contributed by atoms with Gasteiger partial charge in [-0.2, -0.15) is 0 Å². The molecule has 4 rings (SSSR count). The number of benzene rings is 1. The summed E-state index contributed by atoms with van der Waals surface area (Å²) in [5.74, 6) is 0. The summed E-state index contributed by atoms with van der Waals surface area (Å²) in [5, 5.41) is 1.13. The Balaban J connectivity index is 1.46. The predicted molar refractivity (Wildman–Crippen MR) is 85.6 cm³/mol. The maximum absolute atomic E-state index is 4.29. The van der Waals surface area contributed by atoms with Gasteiger partial charge in [-0.25, -0.2) is 9.97 Å². The number of fused-ring (bicyclic) bond motifs is 1. The molecule has 0 spiro atoms. The van der Waals surface area contributed by atoms with Crippen LogP contribution in [0, 0.1) is 0 Å². The molecule has 1 saturated heterocycles. The van der Waals surface area contributed by atoms with Gasteiger partial charge in [0, 0.05) is 49.5 Å². The number of hydrogen-bond acceptors (Lipinski definition) is 4. The molecule has 1 aromatic heterocycles. The first-order chi connectivity index (χ1) is 10.4. The smallest absolute Gasteiger partial charge is 0.116 e. The number of piperazine rings is 1. The van der Waals surface area contributed by atoms with E-state index in [1.54, 1.807) is 6.33 Å².